The molecular formula is C16H22FNO. The van der Waals surface area contributed by atoms with E-state index in [9.17, 15) is 4.39 Å². The van der Waals surface area contributed by atoms with Gasteiger partial charge in [0, 0.05) is 25.1 Å². The smallest absolute Gasteiger partial charge is 0.123 e. The fourth-order valence-electron chi connectivity index (χ4n) is 2.96. The summed E-state index contributed by atoms with van der Waals surface area (Å²) < 4.78 is 19.2. The Morgan fingerprint density at radius 2 is 2.16 bits per heavy atom. The Morgan fingerprint density at radius 1 is 1.32 bits per heavy atom. The van der Waals surface area contributed by atoms with Gasteiger partial charge in [0.2, 0.25) is 0 Å². The van der Waals surface area contributed by atoms with Gasteiger partial charge in [-0.3, -0.25) is 0 Å². The van der Waals surface area contributed by atoms with E-state index in [1.165, 1.54) is 19.3 Å². The first-order chi connectivity index (χ1) is 9.24. The summed E-state index contributed by atoms with van der Waals surface area (Å²) in [6, 6.07) is 5.78. The zero-order valence-corrected chi connectivity index (χ0v) is 11.5. The van der Waals surface area contributed by atoms with Crippen LogP contribution in [0.2, 0.25) is 0 Å². The molecule has 1 N–H and O–H groups in total. The van der Waals surface area contributed by atoms with Crippen LogP contribution in [0.5, 0.6) is 0 Å². The van der Waals surface area contributed by atoms with Gasteiger partial charge in [0.1, 0.15) is 5.82 Å². The third kappa shape index (κ3) is 3.15. The zero-order chi connectivity index (χ0) is 13.2. The molecule has 0 spiro atoms. The molecule has 3 rings (SSSR count). The minimum absolute atomic E-state index is 0.126. The molecule has 2 fully saturated rings. The molecule has 104 valence electrons. The van der Waals surface area contributed by atoms with E-state index < -0.39 is 0 Å². The number of ether oxygens (including phenoxy) is 1. The third-order valence-electron chi connectivity index (χ3n) is 4.23. The van der Waals surface area contributed by atoms with Crippen molar-refractivity contribution in [3.63, 3.8) is 0 Å². The van der Waals surface area contributed by atoms with Gasteiger partial charge in [0.15, 0.2) is 0 Å². The number of aryl methyl sites for hydroxylation is 1. The van der Waals surface area contributed by atoms with Gasteiger partial charge in [-0.05, 0) is 55.9 Å². The van der Waals surface area contributed by atoms with Gasteiger partial charge in [0.05, 0.1) is 6.10 Å². The lowest BCUT2D eigenvalue weighted by atomic mass is 9.87. The maximum Gasteiger partial charge on any atom is 0.123 e. The Bertz CT molecular complexity index is 444. The van der Waals surface area contributed by atoms with Crippen molar-refractivity contribution in [2.45, 2.75) is 44.8 Å². The Kier molecular flexibility index (Phi) is 3.85. The highest BCUT2D eigenvalue weighted by Crippen LogP contribution is 2.35. The molecule has 3 heteroatoms. The Labute approximate surface area is 114 Å². The Hall–Kier alpha value is -0.930. The van der Waals surface area contributed by atoms with Crippen molar-refractivity contribution in [1.29, 1.82) is 0 Å². The van der Waals surface area contributed by atoms with Crippen LogP contribution >= 0.6 is 0 Å². The van der Waals surface area contributed by atoms with Gasteiger partial charge < -0.3 is 10.1 Å². The van der Waals surface area contributed by atoms with Crippen molar-refractivity contribution >= 4 is 0 Å². The topological polar surface area (TPSA) is 21.3 Å². The highest BCUT2D eigenvalue weighted by atomic mass is 19.1. The lowest BCUT2D eigenvalue weighted by molar-refractivity contribution is -0.0282. The quantitative estimate of drug-likeness (QED) is 0.899. The minimum atomic E-state index is -0.162. The van der Waals surface area contributed by atoms with Crippen molar-refractivity contribution in [3.05, 3.63) is 35.1 Å². The third-order valence-corrected chi connectivity index (χ3v) is 4.23. The van der Waals surface area contributed by atoms with E-state index in [1.54, 1.807) is 12.1 Å². The van der Waals surface area contributed by atoms with Crippen LogP contribution in [-0.2, 0) is 4.74 Å². The summed E-state index contributed by atoms with van der Waals surface area (Å²) in [7, 11) is 0. The van der Waals surface area contributed by atoms with Gasteiger partial charge in [0.25, 0.3) is 0 Å². The standard InChI is InChI=1S/C16H22FNO/c1-11-9-13(17)4-7-15(11)16-12(3-2-8-19-16)10-18-14-5-6-14/h4,7,9,12,14,16,18H,2-3,5-6,8,10H2,1H3. The van der Waals surface area contributed by atoms with Gasteiger partial charge in [-0.1, -0.05) is 6.07 Å². The average molecular weight is 263 g/mol. The fraction of sp³-hybridized carbons (Fsp3) is 0.625. The molecule has 2 aliphatic rings. The monoisotopic (exact) mass is 263 g/mol. The maximum atomic E-state index is 13.2. The first kappa shape index (κ1) is 13.1. The van der Waals surface area contributed by atoms with E-state index in [2.05, 4.69) is 5.32 Å². The van der Waals surface area contributed by atoms with Gasteiger partial charge in [-0.25, -0.2) is 4.39 Å². The zero-order valence-electron chi connectivity index (χ0n) is 11.5. The predicted molar refractivity (Wildman–Crippen MR) is 73.6 cm³/mol. The summed E-state index contributed by atoms with van der Waals surface area (Å²) in [4.78, 5) is 0. The number of nitrogens with one attached hydrogen (secondary N) is 1. The molecule has 1 aliphatic carbocycles. The molecule has 1 aliphatic heterocycles. The largest absolute Gasteiger partial charge is 0.373 e. The van der Waals surface area contributed by atoms with Crippen LogP contribution in [0, 0.1) is 18.7 Å². The molecule has 1 saturated carbocycles. The predicted octanol–water partition coefficient (Wildman–Crippen LogP) is 3.35. The Balaban J connectivity index is 1.74. The summed E-state index contributed by atoms with van der Waals surface area (Å²) in [5.41, 5.74) is 2.16. The SMILES string of the molecule is Cc1cc(F)ccc1C1OCCCC1CNC1CC1. The van der Waals surface area contributed by atoms with Crippen molar-refractivity contribution in [3.8, 4) is 0 Å². The van der Waals surface area contributed by atoms with Crippen LogP contribution in [0.15, 0.2) is 18.2 Å². The highest BCUT2D eigenvalue weighted by molar-refractivity contribution is 5.29. The van der Waals surface area contributed by atoms with E-state index in [-0.39, 0.29) is 11.9 Å². The molecular weight excluding hydrogens is 241 g/mol. The van der Waals surface area contributed by atoms with Gasteiger partial charge >= 0.3 is 0 Å². The molecule has 2 nitrogen and oxygen atoms in total. The summed E-state index contributed by atoms with van der Waals surface area (Å²) in [5, 5.41) is 3.60. The number of halogens is 1. The van der Waals surface area contributed by atoms with E-state index in [1.807, 2.05) is 13.0 Å². The molecule has 1 aromatic rings. The fourth-order valence-corrected chi connectivity index (χ4v) is 2.96. The number of hydrogen-bond donors (Lipinski definition) is 1. The summed E-state index contributed by atoms with van der Waals surface area (Å²) >= 11 is 0. The second-order valence-electron chi connectivity index (χ2n) is 5.88. The van der Waals surface area contributed by atoms with E-state index in [0.29, 0.717) is 5.92 Å². The Morgan fingerprint density at radius 3 is 2.89 bits per heavy atom. The summed E-state index contributed by atoms with van der Waals surface area (Å²) in [6.45, 7) is 3.81. The molecule has 19 heavy (non-hydrogen) atoms. The van der Waals surface area contributed by atoms with Crippen molar-refractivity contribution in [2.75, 3.05) is 13.2 Å². The van der Waals surface area contributed by atoms with Gasteiger partial charge in [-0.15, -0.1) is 0 Å². The van der Waals surface area contributed by atoms with E-state index >= 15 is 0 Å². The second kappa shape index (κ2) is 5.59. The first-order valence-electron chi connectivity index (χ1n) is 7.35. The normalized spacial score (nSPS) is 27.5. The van der Waals surface area contributed by atoms with Crippen LogP contribution in [-0.4, -0.2) is 19.2 Å². The molecule has 2 unspecified atom stereocenters. The number of rotatable bonds is 4. The lowest BCUT2D eigenvalue weighted by Gasteiger charge is -2.33. The minimum Gasteiger partial charge on any atom is -0.373 e. The second-order valence-corrected chi connectivity index (χ2v) is 5.88. The van der Waals surface area contributed by atoms with E-state index in [4.69, 9.17) is 4.74 Å². The van der Waals surface area contributed by atoms with Crippen LogP contribution in [0.1, 0.15) is 42.9 Å². The summed E-state index contributed by atoms with van der Waals surface area (Å²) in [6.07, 6.45) is 5.08. The average Bonchev–Trinajstić information content (AvgIpc) is 3.21. The molecule has 0 radical (unpaired) electrons. The number of hydrogen-bond acceptors (Lipinski definition) is 2. The van der Waals surface area contributed by atoms with Crippen LogP contribution in [0.25, 0.3) is 0 Å². The van der Waals surface area contributed by atoms with Crippen LogP contribution in [0.4, 0.5) is 4.39 Å². The lowest BCUT2D eigenvalue weighted by Crippen LogP contribution is -2.33. The number of benzene rings is 1. The van der Waals surface area contributed by atoms with Gasteiger partial charge in [-0.2, -0.15) is 0 Å². The molecule has 1 aromatic carbocycles. The first-order valence-corrected chi connectivity index (χ1v) is 7.35. The van der Waals surface area contributed by atoms with Crippen molar-refractivity contribution in [1.82, 2.24) is 5.32 Å². The molecule has 2 atom stereocenters. The molecule has 0 aromatic heterocycles. The molecule has 1 saturated heterocycles. The van der Waals surface area contributed by atoms with Crippen LogP contribution in [0.3, 0.4) is 0 Å². The van der Waals surface area contributed by atoms with Crippen molar-refractivity contribution < 1.29 is 9.13 Å². The van der Waals surface area contributed by atoms with E-state index in [0.717, 1.165) is 36.7 Å². The molecule has 0 bridgehead atoms. The maximum absolute atomic E-state index is 13.2. The summed E-state index contributed by atoms with van der Waals surface area (Å²) in [5.74, 6) is 0.350. The van der Waals surface area contributed by atoms with Crippen molar-refractivity contribution in [2.24, 2.45) is 5.92 Å². The molecule has 1 heterocycles. The molecule has 0 amide bonds. The van der Waals surface area contributed by atoms with Crippen LogP contribution < -0.4 is 5.32 Å². The highest BCUT2D eigenvalue weighted by Gasteiger charge is 2.30.